The van der Waals surface area contributed by atoms with Crippen LogP contribution in [0.5, 0.6) is 5.75 Å². The Labute approximate surface area is 326 Å². The van der Waals surface area contributed by atoms with E-state index in [9.17, 15) is 29.1 Å². The second-order valence-electron chi connectivity index (χ2n) is 13.4. The predicted octanol–water partition coefficient (Wildman–Crippen LogP) is 0.280. The Morgan fingerprint density at radius 1 is 0.926 bits per heavy atom. The molecule has 298 valence electrons. The molecule has 0 aromatic heterocycles. The van der Waals surface area contributed by atoms with Crippen molar-refractivity contribution in [2.75, 3.05) is 37.4 Å². The van der Waals surface area contributed by atoms with Crippen LogP contribution in [0.15, 0.2) is 41.4 Å². The van der Waals surface area contributed by atoms with E-state index in [1.165, 1.54) is 11.5 Å². The first-order valence-electron chi connectivity index (χ1n) is 17.7. The standard InChI is InChI=1S/C31H43N9O6.C6H14S2/c1-17-10-21(41)11-18(2)22(17)12-23(32)28(45)37-16-26(43)40-31(13-19-6-3-4-7-20(19)14-31)29(46)38-15-25(42)39-24(27(33)44)8-5-9-36-30(34)35;1-6(2)8-5-4-7-3/h3-4,6-7,10-11,23-24,41H,5,8-9,12-16,32H2,1-2H3,(H2,33,44)(H,37,45)(H,38,46)(H,39,42)(H,40,43)(H4,34,35,36);6H,4-5H2,1-3H3/t23-,24?;/m0./s1. The highest BCUT2D eigenvalue weighted by Crippen LogP contribution is 2.30. The molecule has 1 aliphatic carbocycles. The minimum absolute atomic E-state index is 0.0980. The summed E-state index contributed by atoms with van der Waals surface area (Å²) in [5.41, 5.74) is 24.8. The second-order valence-corrected chi connectivity index (χ2v) is 16.1. The molecular formula is C37H57N9O6S2. The van der Waals surface area contributed by atoms with Crippen molar-refractivity contribution in [1.82, 2.24) is 21.3 Å². The first-order chi connectivity index (χ1) is 25.5. The van der Waals surface area contributed by atoms with Crippen LogP contribution in [-0.2, 0) is 43.2 Å². The predicted molar refractivity (Wildman–Crippen MR) is 217 cm³/mol. The molecule has 2 atom stereocenters. The van der Waals surface area contributed by atoms with Crippen LogP contribution in [0, 0.1) is 13.8 Å². The molecule has 0 fully saturated rings. The van der Waals surface area contributed by atoms with Gasteiger partial charge in [-0.15, -0.1) is 0 Å². The van der Waals surface area contributed by atoms with E-state index in [-0.39, 0.29) is 43.9 Å². The quantitative estimate of drug-likeness (QED) is 0.0530. The molecule has 1 unspecified atom stereocenters. The minimum atomic E-state index is -1.43. The first-order valence-corrected chi connectivity index (χ1v) is 20.1. The Bertz CT molecular complexity index is 1590. The fraction of sp³-hybridized carbons (Fsp3) is 0.514. The van der Waals surface area contributed by atoms with Crippen molar-refractivity contribution < 1.29 is 29.1 Å². The maximum absolute atomic E-state index is 13.5. The van der Waals surface area contributed by atoms with E-state index in [4.69, 9.17) is 22.9 Å². The highest BCUT2D eigenvalue weighted by molar-refractivity contribution is 8.02. The van der Waals surface area contributed by atoms with Crippen molar-refractivity contribution in [3.05, 3.63) is 64.2 Å². The summed E-state index contributed by atoms with van der Waals surface area (Å²) in [6, 6.07) is 8.53. The summed E-state index contributed by atoms with van der Waals surface area (Å²) in [6.45, 7) is 7.42. The number of guanidine groups is 1. The number of primary amides is 1. The molecule has 1 aliphatic rings. The number of hydrogen-bond donors (Lipinski definition) is 9. The number of benzene rings is 2. The fourth-order valence-electron chi connectivity index (χ4n) is 5.87. The Kier molecular flexibility index (Phi) is 19.2. The van der Waals surface area contributed by atoms with Crippen LogP contribution in [0.2, 0.25) is 0 Å². The Morgan fingerprint density at radius 3 is 2.06 bits per heavy atom. The number of nitrogens with one attached hydrogen (secondary N) is 4. The number of thioether (sulfide) groups is 2. The van der Waals surface area contributed by atoms with Gasteiger partial charge < -0.3 is 49.3 Å². The van der Waals surface area contributed by atoms with E-state index in [0.717, 1.165) is 33.1 Å². The van der Waals surface area contributed by atoms with Crippen molar-refractivity contribution in [2.24, 2.45) is 27.9 Å². The largest absolute Gasteiger partial charge is 0.508 e. The molecule has 0 saturated carbocycles. The monoisotopic (exact) mass is 787 g/mol. The van der Waals surface area contributed by atoms with Crippen LogP contribution < -0.4 is 44.2 Å². The van der Waals surface area contributed by atoms with E-state index in [0.29, 0.717) is 6.42 Å². The van der Waals surface area contributed by atoms with Gasteiger partial charge in [-0.25, -0.2) is 0 Å². The summed E-state index contributed by atoms with van der Waals surface area (Å²) >= 11 is 3.96. The molecule has 2 aromatic carbocycles. The molecule has 0 aliphatic heterocycles. The van der Waals surface area contributed by atoms with Crippen molar-refractivity contribution >= 4 is 59.0 Å². The third-order valence-electron chi connectivity index (χ3n) is 8.55. The lowest BCUT2D eigenvalue weighted by atomic mass is 9.94. The number of phenols is 1. The number of phenolic OH excluding ortho intramolecular Hbond substituents is 1. The van der Waals surface area contributed by atoms with Gasteiger partial charge in [-0.1, -0.05) is 38.1 Å². The van der Waals surface area contributed by atoms with E-state index >= 15 is 0 Å². The van der Waals surface area contributed by atoms with Crippen molar-refractivity contribution in [3.8, 4) is 5.75 Å². The number of nitrogens with two attached hydrogens (primary N) is 4. The van der Waals surface area contributed by atoms with Gasteiger partial charge in [0.25, 0.3) is 0 Å². The summed E-state index contributed by atoms with van der Waals surface area (Å²) in [5.74, 6) is -0.593. The molecule has 54 heavy (non-hydrogen) atoms. The Hall–Kier alpha value is -4.48. The average Bonchev–Trinajstić information content (AvgIpc) is 3.48. The fourth-order valence-corrected chi connectivity index (χ4v) is 7.39. The highest BCUT2D eigenvalue weighted by atomic mass is 32.2. The van der Waals surface area contributed by atoms with Gasteiger partial charge in [0.1, 0.15) is 17.3 Å². The molecular weight excluding hydrogens is 731 g/mol. The van der Waals surface area contributed by atoms with Gasteiger partial charge in [-0.05, 0) is 84.6 Å². The Morgan fingerprint density at radius 2 is 1.52 bits per heavy atom. The summed E-state index contributed by atoms with van der Waals surface area (Å²) in [6.07, 6.45) is 3.23. The molecule has 0 heterocycles. The topological polar surface area (TPSA) is 270 Å². The number of aromatic hydroxyl groups is 1. The lowest BCUT2D eigenvalue weighted by Gasteiger charge is -2.29. The lowest BCUT2D eigenvalue weighted by molar-refractivity contribution is -0.135. The summed E-state index contributed by atoms with van der Waals surface area (Å²) in [5, 5.41) is 20.9. The zero-order valence-electron chi connectivity index (χ0n) is 31.8. The minimum Gasteiger partial charge on any atom is -0.508 e. The number of fused-ring (bicyclic) bond motifs is 1. The van der Waals surface area contributed by atoms with E-state index in [1.54, 1.807) is 26.0 Å². The number of nitrogens with zero attached hydrogens (tertiary/aromatic N) is 1. The van der Waals surface area contributed by atoms with Crippen molar-refractivity contribution in [1.29, 1.82) is 0 Å². The SMILES string of the molecule is CSCCSC(C)C.Cc1cc(O)cc(C)c1C[C@H](N)C(=O)NCC(=O)NC1(C(=O)NCC(=O)NC(CCCN=C(N)N)C(N)=O)Cc2ccccc2C1. The van der Waals surface area contributed by atoms with Crippen molar-refractivity contribution in [2.45, 2.75) is 82.7 Å². The summed E-state index contributed by atoms with van der Waals surface area (Å²) < 4.78 is 0. The molecule has 0 saturated heterocycles. The molecule has 0 spiro atoms. The Balaban J connectivity index is 0.00000113. The van der Waals surface area contributed by atoms with Crippen LogP contribution in [0.3, 0.4) is 0 Å². The second kappa shape index (κ2) is 22.7. The number of amides is 5. The van der Waals surface area contributed by atoms with Gasteiger partial charge in [0, 0.05) is 30.9 Å². The van der Waals surface area contributed by atoms with Gasteiger partial charge in [0.15, 0.2) is 5.96 Å². The van der Waals surface area contributed by atoms with Gasteiger partial charge in [-0.3, -0.25) is 29.0 Å². The number of carbonyl (C=O) groups is 5. The number of rotatable bonds is 19. The number of carbonyl (C=O) groups excluding carboxylic acids is 5. The summed E-state index contributed by atoms with van der Waals surface area (Å²) in [4.78, 5) is 67.7. The van der Waals surface area contributed by atoms with Gasteiger partial charge in [0.2, 0.25) is 29.5 Å². The normalized spacial score (nSPS) is 13.7. The van der Waals surface area contributed by atoms with E-state index < -0.39 is 60.2 Å². The van der Waals surface area contributed by atoms with Crippen molar-refractivity contribution in [3.63, 3.8) is 0 Å². The maximum atomic E-state index is 13.5. The number of aryl methyl sites for hydroxylation is 2. The molecule has 0 radical (unpaired) electrons. The van der Waals surface area contributed by atoms with Gasteiger partial charge in [0.05, 0.1) is 19.1 Å². The maximum Gasteiger partial charge on any atom is 0.246 e. The van der Waals surface area contributed by atoms with Gasteiger partial charge in [-0.2, -0.15) is 23.5 Å². The average molecular weight is 788 g/mol. The summed E-state index contributed by atoms with van der Waals surface area (Å²) in [7, 11) is 0. The van der Waals surface area contributed by atoms with E-state index in [2.05, 4.69) is 46.4 Å². The third-order valence-corrected chi connectivity index (χ3v) is 10.5. The van der Waals surface area contributed by atoms with E-state index in [1.807, 2.05) is 47.8 Å². The lowest BCUT2D eigenvalue weighted by Crippen LogP contribution is -2.62. The van der Waals surface area contributed by atoms with Crippen LogP contribution >= 0.6 is 23.5 Å². The van der Waals surface area contributed by atoms with Crippen LogP contribution in [0.1, 0.15) is 54.5 Å². The zero-order valence-corrected chi connectivity index (χ0v) is 33.5. The molecule has 3 rings (SSSR count). The number of hydrogen-bond acceptors (Lipinski definition) is 10. The molecule has 17 heteroatoms. The molecule has 13 N–H and O–H groups in total. The highest BCUT2D eigenvalue weighted by Gasteiger charge is 2.45. The molecule has 2 aromatic rings. The van der Waals surface area contributed by atoms with Crippen LogP contribution in [0.25, 0.3) is 0 Å². The number of aliphatic imine (C=N–C) groups is 1. The molecule has 5 amide bonds. The third kappa shape index (κ3) is 15.5. The molecule has 0 bridgehead atoms. The first kappa shape index (κ1) is 45.7. The zero-order chi connectivity index (χ0) is 40.4. The molecule has 15 nitrogen and oxygen atoms in total. The van der Waals surface area contributed by atoms with Crippen LogP contribution in [-0.4, -0.2) is 101 Å². The smallest absolute Gasteiger partial charge is 0.246 e. The van der Waals surface area contributed by atoms with Gasteiger partial charge >= 0.3 is 0 Å². The van der Waals surface area contributed by atoms with Crippen LogP contribution in [0.4, 0.5) is 0 Å².